The van der Waals surface area contributed by atoms with Crippen molar-refractivity contribution in [1.82, 2.24) is 4.98 Å². The number of carbonyl (C=O) groups excluding carboxylic acids is 1. The second-order valence-electron chi connectivity index (χ2n) is 6.30. The third-order valence-electron chi connectivity index (χ3n) is 4.25. The van der Waals surface area contributed by atoms with Crippen molar-refractivity contribution in [2.45, 2.75) is 0 Å². The summed E-state index contributed by atoms with van der Waals surface area (Å²) in [6, 6.07) is 14.5. The van der Waals surface area contributed by atoms with Gasteiger partial charge in [0.2, 0.25) is 0 Å². The minimum atomic E-state index is -1.64. The molecule has 0 saturated carbocycles. The van der Waals surface area contributed by atoms with Crippen LogP contribution < -0.4 is 21.3 Å². The van der Waals surface area contributed by atoms with E-state index in [9.17, 15) is 29.4 Å². The van der Waals surface area contributed by atoms with Gasteiger partial charge < -0.3 is 31.0 Å². The first-order valence-corrected chi connectivity index (χ1v) is 8.89. The van der Waals surface area contributed by atoms with Crippen molar-refractivity contribution >= 4 is 29.4 Å². The number of amides is 1. The van der Waals surface area contributed by atoms with Crippen LogP contribution in [0.25, 0.3) is 11.1 Å². The number of aromatic carboxylic acids is 2. The Balaban J connectivity index is 2.02. The molecule has 158 valence electrons. The average molecular weight is 423 g/mol. The number of carboxylic acids is 2. The minimum Gasteiger partial charge on any atom is -0.483 e. The van der Waals surface area contributed by atoms with Crippen LogP contribution in [0.1, 0.15) is 20.7 Å². The molecule has 3 rings (SSSR count). The van der Waals surface area contributed by atoms with Gasteiger partial charge in [-0.15, -0.1) is 0 Å². The number of carboxylic acid groups (broad SMARTS) is 2. The van der Waals surface area contributed by atoms with Crippen LogP contribution >= 0.6 is 0 Å². The van der Waals surface area contributed by atoms with Gasteiger partial charge in [-0.3, -0.25) is 9.59 Å². The van der Waals surface area contributed by atoms with Gasteiger partial charge in [-0.05, 0) is 18.2 Å². The van der Waals surface area contributed by atoms with Crippen LogP contribution in [0.4, 0.5) is 11.5 Å². The molecule has 2 aromatic carbocycles. The quantitative estimate of drug-likeness (QED) is 0.384. The summed E-state index contributed by atoms with van der Waals surface area (Å²) in [6.45, 7) is -0.449. The van der Waals surface area contributed by atoms with Crippen LogP contribution in [0.5, 0.6) is 5.75 Å². The molecule has 0 saturated heterocycles. The highest BCUT2D eigenvalue weighted by molar-refractivity contribution is 6.08. The fraction of sp³-hybridized carbons (Fsp3) is 0.0476. The van der Waals surface area contributed by atoms with E-state index in [2.05, 4.69) is 5.32 Å². The van der Waals surface area contributed by atoms with Gasteiger partial charge in [0.1, 0.15) is 22.7 Å². The van der Waals surface area contributed by atoms with E-state index in [1.165, 1.54) is 18.2 Å². The van der Waals surface area contributed by atoms with Gasteiger partial charge in [-0.25, -0.2) is 9.59 Å². The van der Waals surface area contributed by atoms with Crippen LogP contribution in [-0.2, 0) is 4.79 Å². The van der Waals surface area contributed by atoms with Gasteiger partial charge in [0, 0.05) is 16.8 Å². The summed E-state index contributed by atoms with van der Waals surface area (Å²) < 4.78 is 5.52. The summed E-state index contributed by atoms with van der Waals surface area (Å²) in [5, 5.41) is 21.7. The van der Waals surface area contributed by atoms with E-state index in [1.807, 2.05) is 4.98 Å². The first-order chi connectivity index (χ1) is 14.8. The molecule has 0 radical (unpaired) electrons. The molecule has 10 nitrogen and oxygen atoms in total. The van der Waals surface area contributed by atoms with Crippen LogP contribution in [0.3, 0.4) is 0 Å². The lowest BCUT2D eigenvalue weighted by atomic mass is 9.94. The van der Waals surface area contributed by atoms with E-state index in [1.54, 1.807) is 36.4 Å². The number of pyridine rings is 1. The molecular weight excluding hydrogens is 406 g/mol. The van der Waals surface area contributed by atoms with Crippen molar-refractivity contribution in [3.05, 3.63) is 76.1 Å². The largest absolute Gasteiger partial charge is 0.483 e. The fourth-order valence-electron chi connectivity index (χ4n) is 2.98. The molecule has 3 aromatic rings. The van der Waals surface area contributed by atoms with E-state index < -0.39 is 52.5 Å². The van der Waals surface area contributed by atoms with Crippen LogP contribution in [0.15, 0.2) is 59.4 Å². The number of nitrogen functional groups attached to an aromatic ring is 1. The number of ether oxygens (including phenoxy) is 1. The Morgan fingerprint density at radius 2 is 1.55 bits per heavy atom. The number of hydrogen-bond donors (Lipinski definition) is 5. The van der Waals surface area contributed by atoms with Crippen molar-refractivity contribution in [2.75, 3.05) is 17.7 Å². The Morgan fingerprint density at radius 1 is 0.935 bits per heavy atom. The zero-order chi connectivity index (χ0) is 22.5. The van der Waals surface area contributed by atoms with Crippen molar-refractivity contribution in [3.8, 4) is 16.9 Å². The Hall–Kier alpha value is -4.60. The zero-order valence-electron chi connectivity index (χ0n) is 15.9. The first-order valence-electron chi connectivity index (χ1n) is 8.89. The Morgan fingerprint density at radius 3 is 2.19 bits per heavy atom. The molecule has 1 aromatic heterocycles. The Bertz CT molecular complexity index is 1220. The standard InChI is InChI=1S/C21H17N3O7/c22-18-16(20(27)28)15(17(21(29)30)19(26)24-18)12-8-4-5-9-13(12)31-10-14(25)23-11-6-2-1-3-7-11/h1-9H,10H2,(H,23,25)(H,27,28)(H,29,30)(H3,22,24,26). The third kappa shape index (κ3) is 4.53. The molecule has 0 aliphatic rings. The number of anilines is 2. The van der Waals surface area contributed by atoms with Crippen molar-refractivity contribution in [3.63, 3.8) is 0 Å². The Kier molecular flexibility index (Phi) is 6.01. The molecule has 0 spiro atoms. The van der Waals surface area contributed by atoms with Crippen LogP contribution in [0, 0.1) is 0 Å². The molecule has 0 atom stereocenters. The highest BCUT2D eigenvalue weighted by atomic mass is 16.5. The number of rotatable bonds is 7. The average Bonchev–Trinajstić information content (AvgIpc) is 2.72. The number of carbonyl (C=O) groups is 3. The molecular formula is C21H17N3O7. The summed E-state index contributed by atoms with van der Waals surface area (Å²) in [6.07, 6.45) is 0. The first kappa shape index (κ1) is 21.1. The number of aromatic nitrogens is 1. The van der Waals surface area contributed by atoms with E-state index in [4.69, 9.17) is 10.5 Å². The monoisotopic (exact) mass is 423 g/mol. The molecule has 0 fully saturated rings. The summed E-state index contributed by atoms with van der Waals surface area (Å²) in [4.78, 5) is 49.9. The van der Waals surface area contributed by atoms with Crippen molar-refractivity contribution < 1.29 is 29.3 Å². The molecule has 31 heavy (non-hydrogen) atoms. The van der Waals surface area contributed by atoms with Crippen molar-refractivity contribution in [2.24, 2.45) is 0 Å². The number of aromatic amines is 1. The van der Waals surface area contributed by atoms with E-state index >= 15 is 0 Å². The molecule has 6 N–H and O–H groups in total. The maximum Gasteiger partial charge on any atom is 0.342 e. The normalized spacial score (nSPS) is 10.3. The van der Waals surface area contributed by atoms with Gasteiger partial charge in [-0.1, -0.05) is 36.4 Å². The van der Waals surface area contributed by atoms with Gasteiger partial charge in [0.15, 0.2) is 6.61 Å². The van der Waals surface area contributed by atoms with E-state index in [-0.39, 0.29) is 11.3 Å². The maximum absolute atomic E-state index is 12.2. The predicted molar refractivity (Wildman–Crippen MR) is 111 cm³/mol. The summed E-state index contributed by atoms with van der Waals surface area (Å²) in [5.41, 5.74) is 3.30. The summed E-state index contributed by atoms with van der Waals surface area (Å²) in [5.74, 6) is -4.18. The van der Waals surface area contributed by atoms with Crippen LogP contribution in [0.2, 0.25) is 0 Å². The Labute approximate surface area is 174 Å². The molecule has 1 heterocycles. The second-order valence-corrected chi connectivity index (χ2v) is 6.30. The van der Waals surface area contributed by atoms with Gasteiger partial charge >= 0.3 is 11.9 Å². The van der Waals surface area contributed by atoms with E-state index in [0.29, 0.717) is 5.69 Å². The highest BCUT2D eigenvalue weighted by Gasteiger charge is 2.28. The minimum absolute atomic E-state index is 0.000659. The number of hydrogen-bond acceptors (Lipinski definition) is 6. The van der Waals surface area contributed by atoms with Crippen molar-refractivity contribution in [1.29, 1.82) is 0 Å². The third-order valence-corrected chi connectivity index (χ3v) is 4.25. The zero-order valence-corrected chi connectivity index (χ0v) is 15.9. The highest BCUT2D eigenvalue weighted by Crippen LogP contribution is 2.35. The van der Waals surface area contributed by atoms with Crippen LogP contribution in [-0.4, -0.2) is 39.6 Å². The fourth-order valence-corrected chi connectivity index (χ4v) is 2.98. The molecule has 10 heteroatoms. The molecule has 1 amide bonds. The van der Waals surface area contributed by atoms with Gasteiger partial charge in [0.25, 0.3) is 11.5 Å². The van der Waals surface area contributed by atoms with Gasteiger partial charge in [-0.2, -0.15) is 0 Å². The maximum atomic E-state index is 12.2. The molecule has 0 aliphatic heterocycles. The van der Waals surface area contributed by atoms with E-state index in [0.717, 1.165) is 0 Å². The predicted octanol–water partition coefficient (Wildman–Crippen LogP) is 2.04. The topological polar surface area (TPSA) is 172 Å². The molecule has 0 aliphatic carbocycles. The lowest BCUT2D eigenvalue weighted by Crippen LogP contribution is -2.24. The SMILES string of the molecule is Nc1[nH]c(=O)c(C(=O)O)c(-c2ccccc2OCC(=O)Nc2ccccc2)c1C(=O)O. The smallest absolute Gasteiger partial charge is 0.342 e. The number of nitrogens with two attached hydrogens (primary N) is 1. The lowest BCUT2D eigenvalue weighted by molar-refractivity contribution is -0.118. The lowest BCUT2D eigenvalue weighted by Gasteiger charge is -2.16. The summed E-state index contributed by atoms with van der Waals surface area (Å²) >= 11 is 0. The number of benzene rings is 2. The number of nitrogens with one attached hydrogen (secondary N) is 2. The van der Waals surface area contributed by atoms with Gasteiger partial charge in [0.05, 0.1) is 0 Å². The second kappa shape index (κ2) is 8.82. The number of H-pyrrole nitrogens is 1. The molecule has 0 bridgehead atoms. The molecule has 0 unspecified atom stereocenters. The summed E-state index contributed by atoms with van der Waals surface area (Å²) in [7, 11) is 0. The number of para-hydroxylation sites is 2.